The van der Waals surface area contributed by atoms with E-state index < -0.39 is 0 Å². The topological polar surface area (TPSA) is 61.4 Å². The van der Waals surface area contributed by atoms with E-state index in [1.165, 1.54) is 0 Å². The zero-order valence-electron chi connectivity index (χ0n) is 9.67. The zero-order valence-corrected chi connectivity index (χ0v) is 12.8. The summed E-state index contributed by atoms with van der Waals surface area (Å²) in [5.74, 6) is 0.340. The SMILES string of the molecule is O=C1CCC(NCc2cc(Br)c(O)c(Br)c2)CN1. The molecule has 4 nitrogen and oxygen atoms in total. The van der Waals surface area contributed by atoms with Crippen LogP contribution in [-0.2, 0) is 11.3 Å². The molecule has 1 atom stereocenters. The Morgan fingerprint density at radius 2 is 2.06 bits per heavy atom. The molecular weight excluding hydrogens is 364 g/mol. The van der Waals surface area contributed by atoms with Gasteiger partial charge in [0.25, 0.3) is 0 Å². The molecule has 0 aliphatic carbocycles. The van der Waals surface area contributed by atoms with Crippen molar-refractivity contribution >= 4 is 37.8 Å². The van der Waals surface area contributed by atoms with E-state index in [0.29, 0.717) is 34.5 Å². The van der Waals surface area contributed by atoms with Crippen LogP contribution in [0.4, 0.5) is 0 Å². The van der Waals surface area contributed by atoms with Crippen molar-refractivity contribution in [1.29, 1.82) is 0 Å². The number of amides is 1. The fourth-order valence-electron chi connectivity index (χ4n) is 1.89. The summed E-state index contributed by atoms with van der Waals surface area (Å²) in [6.07, 6.45) is 1.45. The zero-order chi connectivity index (χ0) is 13.1. The normalized spacial score (nSPS) is 19.7. The van der Waals surface area contributed by atoms with Crippen LogP contribution < -0.4 is 10.6 Å². The number of hydrogen-bond acceptors (Lipinski definition) is 3. The van der Waals surface area contributed by atoms with E-state index in [-0.39, 0.29) is 11.7 Å². The molecule has 1 aliphatic heterocycles. The minimum atomic E-state index is 0.128. The van der Waals surface area contributed by atoms with Crippen molar-refractivity contribution in [3.05, 3.63) is 26.6 Å². The van der Waals surface area contributed by atoms with Crippen LogP contribution in [0.2, 0.25) is 0 Å². The van der Waals surface area contributed by atoms with Crippen molar-refractivity contribution in [2.45, 2.75) is 25.4 Å². The number of nitrogens with one attached hydrogen (secondary N) is 2. The molecule has 1 unspecified atom stereocenters. The minimum absolute atomic E-state index is 0.128. The molecule has 1 amide bonds. The van der Waals surface area contributed by atoms with Gasteiger partial charge in [-0.05, 0) is 56.0 Å². The first-order chi connectivity index (χ1) is 8.56. The van der Waals surface area contributed by atoms with Crippen LogP contribution in [0.5, 0.6) is 5.75 Å². The molecule has 3 N–H and O–H groups in total. The fraction of sp³-hybridized carbons (Fsp3) is 0.417. The molecule has 1 aromatic carbocycles. The van der Waals surface area contributed by atoms with Crippen LogP contribution in [0.15, 0.2) is 21.1 Å². The highest BCUT2D eigenvalue weighted by Crippen LogP contribution is 2.33. The first kappa shape index (κ1) is 13.8. The molecule has 0 aromatic heterocycles. The Balaban J connectivity index is 1.92. The van der Waals surface area contributed by atoms with Crippen LogP contribution in [0.1, 0.15) is 18.4 Å². The fourth-order valence-corrected chi connectivity index (χ4v) is 3.17. The number of aromatic hydroxyl groups is 1. The molecular formula is C12H14Br2N2O2. The summed E-state index contributed by atoms with van der Waals surface area (Å²) in [6.45, 7) is 1.39. The molecule has 6 heteroatoms. The third-order valence-corrected chi connectivity index (χ3v) is 4.15. The average molecular weight is 378 g/mol. The molecule has 1 aliphatic rings. The first-order valence-electron chi connectivity index (χ1n) is 5.73. The number of hydrogen-bond donors (Lipinski definition) is 3. The molecule has 18 heavy (non-hydrogen) atoms. The number of benzene rings is 1. The van der Waals surface area contributed by atoms with Crippen LogP contribution in [0.3, 0.4) is 0 Å². The van der Waals surface area contributed by atoms with E-state index in [2.05, 4.69) is 42.5 Å². The van der Waals surface area contributed by atoms with Crippen molar-refractivity contribution in [3.63, 3.8) is 0 Å². The van der Waals surface area contributed by atoms with Gasteiger partial charge in [0.05, 0.1) is 8.95 Å². The Bertz CT molecular complexity index is 432. The number of phenolic OH excluding ortho intramolecular Hbond substituents is 1. The van der Waals surface area contributed by atoms with E-state index in [4.69, 9.17) is 0 Å². The quantitative estimate of drug-likeness (QED) is 0.757. The number of piperidine rings is 1. The molecule has 0 spiro atoms. The Morgan fingerprint density at radius 1 is 1.39 bits per heavy atom. The maximum absolute atomic E-state index is 11.0. The maximum atomic E-state index is 11.0. The molecule has 1 fully saturated rings. The summed E-state index contributed by atoms with van der Waals surface area (Å²) in [5, 5.41) is 15.8. The summed E-state index contributed by atoms with van der Waals surface area (Å²) in [4.78, 5) is 11.0. The molecule has 0 bridgehead atoms. The van der Waals surface area contributed by atoms with Gasteiger partial charge >= 0.3 is 0 Å². The monoisotopic (exact) mass is 376 g/mol. The van der Waals surface area contributed by atoms with Crippen LogP contribution in [-0.4, -0.2) is 23.6 Å². The van der Waals surface area contributed by atoms with E-state index >= 15 is 0 Å². The molecule has 1 saturated heterocycles. The molecule has 1 aromatic rings. The van der Waals surface area contributed by atoms with E-state index in [0.717, 1.165) is 12.0 Å². The van der Waals surface area contributed by atoms with E-state index in [1.54, 1.807) is 0 Å². The van der Waals surface area contributed by atoms with Gasteiger partial charge in [0.2, 0.25) is 5.91 Å². The van der Waals surface area contributed by atoms with Crippen molar-refractivity contribution in [1.82, 2.24) is 10.6 Å². The summed E-state index contributed by atoms with van der Waals surface area (Å²) in [6, 6.07) is 4.08. The number of phenols is 1. The number of carbonyl (C=O) groups is 1. The summed E-state index contributed by atoms with van der Waals surface area (Å²) < 4.78 is 1.34. The minimum Gasteiger partial charge on any atom is -0.506 e. The summed E-state index contributed by atoms with van der Waals surface area (Å²) >= 11 is 6.61. The van der Waals surface area contributed by atoms with Gasteiger partial charge in [0.15, 0.2) is 0 Å². The predicted molar refractivity (Wildman–Crippen MR) is 76.4 cm³/mol. The maximum Gasteiger partial charge on any atom is 0.220 e. The highest BCUT2D eigenvalue weighted by molar-refractivity contribution is 9.11. The lowest BCUT2D eigenvalue weighted by molar-refractivity contribution is -0.122. The smallest absolute Gasteiger partial charge is 0.220 e. The van der Waals surface area contributed by atoms with E-state index in [1.807, 2.05) is 12.1 Å². The van der Waals surface area contributed by atoms with Crippen LogP contribution >= 0.6 is 31.9 Å². The standard InChI is InChI=1S/C12H14Br2N2O2/c13-9-3-7(4-10(14)12(9)18)5-15-8-1-2-11(17)16-6-8/h3-4,8,15,18H,1-2,5-6H2,(H,16,17). The highest BCUT2D eigenvalue weighted by atomic mass is 79.9. The lowest BCUT2D eigenvalue weighted by Crippen LogP contribution is -2.45. The Hall–Kier alpha value is -0.590. The van der Waals surface area contributed by atoms with Gasteiger partial charge in [-0.3, -0.25) is 4.79 Å². The van der Waals surface area contributed by atoms with Gasteiger partial charge in [-0.2, -0.15) is 0 Å². The Kier molecular flexibility index (Phi) is 4.64. The second-order valence-corrected chi connectivity index (χ2v) is 6.04. The predicted octanol–water partition coefficient (Wildman–Crippen LogP) is 2.29. The second-order valence-electron chi connectivity index (χ2n) is 4.33. The molecule has 0 saturated carbocycles. The first-order valence-corrected chi connectivity index (χ1v) is 7.32. The molecule has 1 heterocycles. The second kappa shape index (κ2) is 6.04. The Labute approximate surface area is 122 Å². The lowest BCUT2D eigenvalue weighted by atomic mass is 10.1. The molecule has 98 valence electrons. The van der Waals surface area contributed by atoms with Crippen molar-refractivity contribution < 1.29 is 9.90 Å². The van der Waals surface area contributed by atoms with Gasteiger partial charge in [-0.15, -0.1) is 0 Å². The number of carbonyl (C=O) groups excluding carboxylic acids is 1. The average Bonchev–Trinajstić information content (AvgIpc) is 2.35. The van der Waals surface area contributed by atoms with Gasteiger partial charge in [0.1, 0.15) is 5.75 Å². The largest absolute Gasteiger partial charge is 0.506 e. The van der Waals surface area contributed by atoms with Gasteiger partial charge in [-0.25, -0.2) is 0 Å². The molecule has 2 rings (SSSR count). The summed E-state index contributed by atoms with van der Waals surface area (Å²) in [7, 11) is 0. The van der Waals surface area contributed by atoms with E-state index in [9.17, 15) is 9.90 Å². The van der Waals surface area contributed by atoms with Crippen LogP contribution in [0, 0.1) is 0 Å². The summed E-state index contributed by atoms with van der Waals surface area (Å²) in [5.41, 5.74) is 1.07. The Morgan fingerprint density at radius 3 is 2.61 bits per heavy atom. The van der Waals surface area contributed by atoms with Gasteiger partial charge in [-0.1, -0.05) is 0 Å². The van der Waals surface area contributed by atoms with Crippen molar-refractivity contribution in [3.8, 4) is 5.75 Å². The third kappa shape index (κ3) is 3.46. The number of rotatable bonds is 3. The molecule has 0 radical (unpaired) electrons. The van der Waals surface area contributed by atoms with Crippen molar-refractivity contribution in [2.75, 3.05) is 6.54 Å². The number of halogens is 2. The highest BCUT2D eigenvalue weighted by Gasteiger charge is 2.17. The van der Waals surface area contributed by atoms with Gasteiger partial charge < -0.3 is 15.7 Å². The third-order valence-electron chi connectivity index (χ3n) is 2.94. The lowest BCUT2D eigenvalue weighted by Gasteiger charge is -2.23. The van der Waals surface area contributed by atoms with Crippen LogP contribution in [0.25, 0.3) is 0 Å². The van der Waals surface area contributed by atoms with Gasteiger partial charge in [0, 0.05) is 25.6 Å². The van der Waals surface area contributed by atoms with Crippen molar-refractivity contribution in [2.24, 2.45) is 0 Å².